The molecule has 0 radical (unpaired) electrons. The Morgan fingerprint density at radius 2 is 2.33 bits per heavy atom. The molecule has 0 spiro atoms. The van der Waals surface area contributed by atoms with E-state index in [4.69, 9.17) is 4.74 Å². The molecule has 1 heterocycles. The van der Waals surface area contributed by atoms with Crippen molar-refractivity contribution < 1.29 is 9.53 Å². The van der Waals surface area contributed by atoms with Crippen molar-refractivity contribution in [2.45, 2.75) is 13.3 Å². The second kappa shape index (κ2) is 4.23. The third kappa shape index (κ3) is 2.00. The molecule has 1 aliphatic rings. The Morgan fingerprint density at radius 1 is 1.53 bits per heavy atom. The van der Waals surface area contributed by atoms with Crippen molar-refractivity contribution in [1.82, 2.24) is 0 Å². The Labute approximate surface area is 97.2 Å². The van der Waals surface area contributed by atoms with Crippen molar-refractivity contribution >= 4 is 27.5 Å². The normalized spacial score (nSPS) is 14.8. The van der Waals surface area contributed by atoms with E-state index < -0.39 is 0 Å². The molecule has 0 saturated carbocycles. The quantitative estimate of drug-likeness (QED) is 0.826. The Morgan fingerprint density at radius 3 is 3.07 bits per heavy atom. The van der Waals surface area contributed by atoms with E-state index in [1.54, 1.807) is 4.90 Å². The number of rotatable bonds is 2. The number of amides is 1. The summed E-state index contributed by atoms with van der Waals surface area (Å²) >= 11 is 3.40. The van der Waals surface area contributed by atoms with Gasteiger partial charge in [0.2, 0.25) is 0 Å². The molecular weight excluding hydrogens is 258 g/mol. The summed E-state index contributed by atoms with van der Waals surface area (Å²) in [6, 6.07) is 5.72. The maximum absolute atomic E-state index is 11.6. The minimum atomic E-state index is 0.0300. The van der Waals surface area contributed by atoms with Gasteiger partial charge in [-0.1, -0.05) is 22.9 Å². The fraction of sp³-hybridized carbons (Fsp3) is 0.364. The fourth-order valence-corrected chi connectivity index (χ4v) is 1.99. The minimum absolute atomic E-state index is 0.0300. The average Bonchev–Trinajstić information content (AvgIpc) is 2.23. The summed E-state index contributed by atoms with van der Waals surface area (Å²) in [6.45, 7) is 2.95. The second-order valence-corrected chi connectivity index (χ2v) is 4.36. The zero-order valence-corrected chi connectivity index (χ0v) is 10.1. The van der Waals surface area contributed by atoms with Crippen LogP contribution in [0, 0.1) is 0 Å². The summed E-state index contributed by atoms with van der Waals surface area (Å²) in [7, 11) is 0. The van der Waals surface area contributed by atoms with Crippen LogP contribution >= 0.6 is 15.9 Å². The number of hydrogen-bond donors (Lipinski definition) is 0. The zero-order chi connectivity index (χ0) is 10.8. The molecule has 0 aliphatic carbocycles. The van der Waals surface area contributed by atoms with Gasteiger partial charge in [-0.05, 0) is 24.6 Å². The molecule has 1 amide bonds. The van der Waals surface area contributed by atoms with Crippen LogP contribution in [-0.4, -0.2) is 19.1 Å². The number of carbonyl (C=O) groups is 1. The van der Waals surface area contributed by atoms with Crippen LogP contribution in [0.25, 0.3) is 0 Å². The summed E-state index contributed by atoms with van der Waals surface area (Å²) in [5.74, 6) is 0.814. The molecule has 0 aromatic heterocycles. The SMILES string of the molecule is CCCN1C(=O)COc2ccc(Br)cc21. The summed E-state index contributed by atoms with van der Waals surface area (Å²) in [5, 5.41) is 0. The molecule has 0 N–H and O–H groups in total. The molecule has 15 heavy (non-hydrogen) atoms. The molecule has 2 rings (SSSR count). The fourth-order valence-electron chi connectivity index (χ4n) is 1.64. The minimum Gasteiger partial charge on any atom is -0.482 e. The van der Waals surface area contributed by atoms with Crippen LogP contribution in [-0.2, 0) is 4.79 Å². The number of benzene rings is 1. The Hall–Kier alpha value is -1.03. The summed E-state index contributed by atoms with van der Waals surface area (Å²) in [5.41, 5.74) is 0.863. The number of carbonyl (C=O) groups excluding carboxylic acids is 1. The first kappa shape index (κ1) is 10.5. The standard InChI is InChI=1S/C11H12BrNO2/c1-2-5-13-9-6-8(12)3-4-10(9)15-7-11(13)14/h3-4,6H,2,5,7H2,1H3. The van der Waals surface area contributed by atoms with E-state index >= 15 is 0 Å². The maximum atomic E-state index is 11.6. The van der Waals surface area contributed by atoms with Gasteiger partial charge < -0.3 is 9.64 Å². The van der Waals surface area contributed by atoms with Crippen LogP contribution in [0.2, 0.25) is 0 Å². The van der Waals surface area contributed by atoms with E-state index in [2.05, 4.69) is 22.9 Å². The van der Waals surface area contributed by atoms with Crippen molar-refractivity contribution in [2.75, 3.05) is 18.1 Å². The molecular formula is C11H12BrNO2. The van der Waals surface area contributed by atoms with Crippen molar-refractivity contribution in [3.8, 4) is 5.75 Å². The number of halogens is 1. The van der Waals surface area contributed by atoms with Crippen molar-refractivity contribution in [1.29, 1.82) is 0 Å². The van der Waals surface area contributed by atoms with Gasteiger partial charge in [-0.2, -0.15) is 0 Å². The second-order valence-electron chi connectivity index (χ2n) is 3.45. The molecule has 80 valence electrons. The lowest BCUT2D eigenvalue weighted by atomic mass is 10.2. The highest BCUT2D eigenvalue weighted by Crippen LogP contribution is 2.34. The van der Waals surface area contributed by atoms with Gasteiger partial charge in [0.05, 0.1) is 5.69 Å². The summed E-state index contributed by atoms with van der Waals surface area (Å²) in [6.07, 6.45) is 0.942. The van der Waals surface area contributed by atoms with E-state index in [0.29, 0.717) is 0 Å². The average molecular weight is 270 g/mol. The van der Waals surface area contributed by atoms with E-state index in [-0.39, 0.29) is 12.5 Å². The molecule has 0 fully saturated rings. The van der Waals surface area contributed by atoms with Crippen LogP contribution in [0.1, 0.15) is 13.3 Å². The third-order valence-electron chi connectivity index (χ3n) is 2.31. The molecule has 1 aliphatic heterocycles. The molecule has 0 bridgehead atoms. The number of anilines is 1. The van der Waals surface area contributed by atoms with E-state index in [9.17, 15) is 4.79 Å². The molecule has 1 aromatic carbocycles. The number of fused-ring (bicyclic) bond motifs is 1. The van der Waals surface area contributed by atoms with Crippen molar-refractivity contribution in [3.05, 3.63) is 22.7 Å². The zero-order valence-electron chi connectivity index (χ0n) is 8.50. The summed E-state index contributed by atoms with van der Waals surface area (Å²) < 4.78 is 6.31. The highest BCUT2D eigenvalue weighted by molar-refractivity contribution is 9.10. The maximum Gasteiger partial charge on any atom is 0.265 e. The van der Waals surface area contributed by atoms with Gasteiger partial charge in [0.15, 0.2) is 6.61 Å². The highest BCUT2D eigenvalue weighted by Gasteiger charge is 2.24. The Kier molecular flexibility index (Phi) is 2.95. The van der Waals surface area contributed by atoms with Crippen LogP contribution in [0.5, 0.6) is 5.75 Å². The van der Waals surface area contributed by atoms with Gasteiger partial charge in [0.25, 0.3) is 5.91 Å². The van der Waals surface area contributed by atoms with Gasteiger partial charge in [-0.15, -0.1) is 0 Å². The van der Waals surface area contributed by atoms with Gasteiger partial charge in [-0.3, -0.25) is 4.79 Å². The van der Waals surface area contributed by atoms with Crippen LogP contribution in [0.4, 0.5) is 5.69 Å². The van der Waals surface area contributed by atoms with Gasteiger partial charge in [-0.25, -0.2) is 0 Å². The lowest BCUT2D eigenvalue weighted by Gasteiger charge is -2.29. The molecule has 0 unspecified atom stereocenters. The Bertz CT molecular complexity index is 392. The number of nitrogens with zero attached hydrogens (tertiary/aromatic N) is 1. The lowest BCUT2D eigenvalue weighted by Crippen LogP contribution is -2.39. The van der Waals surface area contributed by atoms with Crippen LogP contribution in [0.15, 0.2) is 22.7 Å². The van der Waals surface area contributed by atoms with E-state index in [1.165, 1.54) is 0 Å². The first-order valence-electron chi connectivity index (χ1n) is 4.95. The predicted octanol–water partition coefficient (Wildman–Crippen LogP) is 2.58. The number of hydrogen-bond acceptors (Lipinski definition) is 2. The van der Waals surface area contributed by atoms with Gasteiger partial charge in [0.1, 0.15) is 5.75 Å². The topological polar surface area (TPSA) is 29.5 Å². The molecule has 0 saturated heterocycles. The van der Waals surface area contributed by atoms with Crippen molar-refractivity contribution in [3.63, 3.8) is 0 Å². The van der Waals surface area contributed by atoms with E-state index in [1.807, 2.05) is 18.2 Å². The van der Waals surface area contributed by atoms with Gasteiger partial charge in [0, 0.05) is 11.0 Å². The largest absolute Gasteiger partial charge is 0.482 e. The first-order chi connectivity index (χ1) is 7.22. The highest BCUT2D eigenvalue weighted by atomic mass is 79.9. The number of ether oxygens (including phenoxy) is 1. The monoisotopic (exact) mass is 269 g/mol. The van der Waals surface area contributed by atoms with E-state index in [0.717, 1.165) is 28.9 Å². The van der Waals surface area contributed by atoms with Crippen LogP contribution in [0.3, 0.4) is 0 Å². The van der Waals surface area contributed by atoms with Crippen LogP contribution < -0.4 is 9.64 Å². The predicted molar refractivity (Wildman–Crippen MR) is 62.3 cm³/mol. The molecule has 4 heteroatoms. The molecule has 3 nitrogen and oxygen atoms in total. The molecule has 1 aromatic rings. The molecule has 0 atom stereocenters. The smallest absolute Gasteiger partial charge is 0.265 e. The third-order valence-corrected chi connectivity index (χ3v) is 2.80. The first-order valence-corrected chi connectivity index (χ1v) is 5.74. The Balaban J connectivity index is 2.41. The lowest BCUT2D eigenvalue weighted by molar-refractivity contribution is -0.121. The summed E-state index contributed by atoms with van der Waals surface area (Å²) in [4.78, 5) is 13.4. The van der Waals surface area contributed by atoms with Gasteiger partial charge >= 0.3 is 0 Å². The van der Waals surface area contributed by atoms with Crippen molar-refractivity contribution in [2.24, 2.45) is 0 Å².